The van der Waals surface area contributed by atoms with Gasteiger partial charge in [-0.05, 0) is 12.3 Å². The van der Waals surface area contributed by atoms with Crippen LogP contribution in [0, 0.1) is 11.6 Å². The Kier molecular flexibility index (Phi) is 4.26. The SMILES string of the molecule is CSc1c(F)ccc(C(N)CC(=O)O)c1F. The number of benzene rings is 1. The zero-order valence-corrected chi connectivity index (χ0v) is 9.35. The molecule has 0 saturated heterocycles. The Morgan fingerprint density at radius 1 is 1.56 bits per heavy atom. The first-order valence-electron chi connectivity index (χ1n) is 4.46. The van der Waals surface area contributed by atoms with E-state index in [-0.39, 0.29) is 10.5 Å². The van der Waals surface area contributed by atoms with Gasteiger partial charge in [0.25, 0.3) is 0 Å². The van der Waals surface area contributed by atoms with E-state index in [1.807, 2.05) is 0 Å². The molecule has 0 heterocycles. The third-order valence-corrected chi connectivity index (χ3v) is 2.86. The van der Waals surface area contributed by atoms with Crippen molar-refractivity contribution in [2.75, 3.05) is 6.26 Å². The number of carbonyl (C=O) groups is 1. The first-order chi connectivity index (χ1) is 7.47. The number of halogens is 2. The van der Waals surface area contributed by atoms with E-state index in [1.54, 1.807) is 0 Å². The molecule has 3 N–H and O–H groups in total. The standard InChI is InChI=1S/C10H11F2NO2S/c1-16-10-6(11)3-2-5(9(10)12)7(13)4-8(14)15/h2-3,7H,4,13H2,1H3,(H,14,15). The number of hydrogen-bond acceptors (Lipinski definition) is 3. The Morgan fingerprint density at radius 3 is 2.69 bits per heavy atom. The molecule has 0 radical (unpaired) electrons. The van der Waals surface area contributed by atoms with Gasteiger partial charge in [-0.3, -0.25) is 4.79 Å². The molecule has 0 aliphatic rings. The van der Waals surface area contributed by atoms with Gasteiger partial charge in [0.15, 0.2) is 0 Å². The number of rotatable bonds is 4. The molecule has 6 heteroatoms. The van der Waals surface area contributed by atoms with E-state index < -0.39 is 30.1 Å². The van der Waals surface area contributed by atoms with E-state index in [4.69, 9.17) is 10.8 Å². The Balaban J connectivity index is 3.10. The summed E-state index contributed by atoms with van der Waals surface area (Å²) in [6, 6.07) is 1.30. The Labute approximate surface area is 95.6 Å². The van der Waals surface area contributed by atoms with Crippen molar-refractivity contribution in [1.82, 2.24) is 0 Å². The molecule has 0 amide bonds. The van der Waals surface area contributed by atoms with Crippen molar-refractivity contribution in [1.29, 1.82) is 0 Å². The van der Waals surface area contributed by atoms with Gasteiger partial charge in [0.1, 0.15) is 11.6 Å². The number of aliphatic carboxylic acids is 1. The Morgan fingerprint density at radius 2 is 2.19 bits per heavy atom. The molecule has 1 atom stereocenters. The highest BCUT2D eigenvalue weighted by Crippen LogP contribution is 2.28. The van der Waals surface area contributed by atoms with Crippen LogP contribution in [0.2, 0.25) is 0 Å². The molecule has 1 rings (SSSR count). The molecule has 1 aromatic rings. The number of hydrogen-bond donors (Lipinski definition) is 2. The van der Waals surface area contributed by atoms with Gasteiger partial charge in [0.05, 0.1) is 11.3 Å². The van der Waals surface area contributed by atoms with Crippen molar-refractivity contribution in [3.63, 3.8) is 0 Å². The highest BCUT2D eigenvalue weighted by molar-refractivity contribution is 7.98. The maximum atomic E-state index is 13.7. The van der Waals surface area contributed by atoms with E-state index in [1.165, 1.54) is 12.3 Å². The zero-order valence-electron chi connectivity index (χ0n) is 8.54. The summed E-state index contributed by atoms with van der Waals surface area (Å²) in [5.41, 5.74) is 5.54. The quantitative estimate of drug-likeness (QED) is 0.800. The molecule has 0 fully saturated rings. The largest absolute Gasteiger partial charge is 0.481 e. The molecule has 0 aromatic heterocycles. The maximum Gasteiger partial charge on any atom is 0.305 e. The lowest BCUT2D eigenvalue weighted by molar-refractivity contribution is -0.137. The molecule has 0 aliphatic carbocycles. The maximum absolute atomic E-state index is 13.7. The Bertz CT molecular complexity index is 412. The first-order valence-corrected chi connectivity index (χ1v) is 5.69. The van der Waals surface area contributed by atoms with Crippen LogP contribution in [0.3, 0.4) is 0 Å². The summed E-state index contributed by atoms with van der Waals surface area (Å²) in [6.07, 6.45) is 1.14. The van der Waals surface area contributed by atoms with Crippen LogP contribution < -0.4 is 5.73 Å². The Hall–Kier alpha value is -1.14. The van der Waals surface area contributed by atoms with Gasteiger partial charge in [0, 0.05) is 11.6 Å². The van der Waals surface area contributed by atoms with Gasteiger partial charge >= 0.3 is 5.97 Å². The van der Waals surface area contributed by atoms with E-state index in [2.05, 4.69) is 0 Å². The van der Waals surface area contributed by atoms with Crippen molar-refractivity contribution in [3.05, 3.63) is 29.3 Å². The molecular weight excluding hydrogens is 236 g/mol. The molecule has 1 aromatic carbocycles. The van der Waals surface area contributed by atoms with Gasteiger partial charge in [-0.15, -0.1) is 11.8 Å². The smallest absolute Gasteiger partial charge is 0.305 e. The van der Waals surface area contributed by atoms with Crippen LogP contribution >= 0.6 is 11.8 Å². The second-order valence-corrected chi connectivity index (χ2v) is 4.00. The van der Waals surface area contributed by atoms with Gasteiger partial charge in [-0.1, -0.05) is 6.07 Å². The molecule has 16 heavy (non-hydrogen) atoms. The summed E-state index contributed by atoms with van der Waals surface area (Å²) >= 11 is 0.920. The van der Waals surface area contributed by atoms with Crippen LogP contribution in [-0.4, -0.2) is 17.3 Å². The number of carboxylic acids is 1. The average molecular weight is 247 g/mol. The highest BCUT2D eigenvalue weighted by atomic mass is 32.2. The van der Waals surface area contributed by atoms with Crippen LogP contribution in [0.15, 0.2) is 17.0 Å². The van der Waals surface area contributed by atoms with E-state index >= 15 is 0 Å². The van der Waals surface area contributed by atoms with Crippen LogP contribution in [0.4, 0.5) is 8.78 Å². The predicted molar refractivity (Wildman–Crippen MR) is 57.3 cm³/mol. The van der Waals surface area contributed by atoms with E-state index in [0.29, 0.717) is 0 Å². The monoisotopic (exact) mass is 247 g/mol. The minimum absolute atomic E-state index is 0.0214. The third kappa shape index (κ3) is 2.70. The fourth-order valence-corrected chi connectivity index (χ4v) is 1.88. The molecule has 0 spiro atoms. The van der Waals surface area contributed by atoms with Crippen molar-refractivity contribution in [2.45, 2.75) is 17.4 Å². The molecule has 88 valence electrons. The topological polar surface area (TPSA) is 63.3 Å². The normalized spacial score (nSPS) is 12.5. The van der Waals surface area contributed by atoms with Crippen molar-refractivity contribution in [2.24, 2.45) is 5.73 Å². The minimum Gasteiger partial charge on any atom is -0.481 e. The molecule has 0 aliphatic heterocycles. The summed E-state index contributed by atoms with van der Waals surface area (Å²) in [4.78, 5) is 10.3. The molecular formula is C10H11F2NO2S. The number of nitrogens with two attached hydrogens (primary N) is 1. The third-order valence-electron chi connectivity index (χ3n) is 2.08. The first kappa shape index (κ1) is 12.9. The zero-order chi connectivity index (χ0) is 12.3. The van der Waals surface area contributed by atoms with Crippen molar-refractivity contribution < 1.29 is 18.7 Å². The molecule has 1 unspecified atom stereocenters. The second kappa shape index (κ2) is 5.27. The summed E-state index contributed by atoms with van der Waals surface area (Å²) < 4.78 is 26.8. The molecule has 0 saturated carbocycles. The lowest BCUT2D eigenvalue weighted by atomic mass is 10.0. The van der Waals surface area contributed by atoms with Gasteiger partial charge in [-0.25, -0.2) is 8.78 Å². The van der Waals surface area contributed by atoms with Crippen LogP contribution in [0.5, 0.6) is 0 Å². The predicted octanol–water partition coefficient (Wildman–Crippen LogP) is 2.16. The number of thioether (sulfide) groups is 1. The molecule has 0 bridgehead atoms. The summed E-state index contributed by atoms with van der Waals surface area (Å²) in [6.45, 7) is 0. The minimum atomic E-state index is -1.12. The second-order valence-electron chi connectivity index (χ2n) is 3.19. The van der Waals surface area contributed by atoms with Crippen LogP contribution in [0.1, 0.15) is 18.0 Å². The van der Waals surface area contributed by atoms with E-state index in [0.717, 1.165) is 17.8 Å². The number of carboxylic acid groups (broad SMARTS) is 1. The van der Waals surface area contributed by atoms with Gasteiger partial charge < -0.3 is 10.8 Å². The molecule has 3 nitrogen and oxygen atoms in total. The fraction of sp³-hybridized carbons (Fsp3) is 0.300. The summed E-state index contributed by atoms with van der Waals surface area (Å²) in [5, 5.41) is 8.54. The van der Waals surface area contributed by atoms with Gasteiger partial charge in [0.2, 0.25) is 0 Å². The fourth-order valence-electron chi connectivity index (χ4n) is 1.32. The summed E-state index contributed by atoms with van der Waals surface area (Å²) in [7, 11) is 0. The van der Waals surface area contributed by atoms with Crippen molar-refractivity contribution in [3.8, 4) is 0 Å². The average Bonchev–Trinajstić information content (AvgIpc) is 2.17. The van der Waals surface area contributed by atoms with Crippen molar-refractivity contribution >= 4 is 17.7 Å². The summed E-state index contributed by atoms with van der Waals surface area (Å²) in [5.74, 6) is -2.57. The lowest BCUT2D eigenvalue weighted by Crippen LogP contribution is -2.17. The highest BCUT2D eigenvalue weighted by Gasteiger charge is 2.19. The van der Waals surface area contributed by atoms with E-state index in [9.17, 15) is 13.6 Å². The van der Waals surface area contributed by atoms with Crippen LogP contribution in [0.25, 0.3) is 0 Å². The lowest BCUT2D eigenvalue weighted by Gasteiger charge is -2.12. The van der Waals surface area contributed by atoms with Crippen LogP contribution in [-0.2, 0) is 4.79 Å². The van der Waals surface area contributed by atoms with Gasteiger partial charge in [-0.2, -0.15) is 0 Å².